The maximum absolute atomic E-state index is 13.8. The van der Waals surface area contributed by atoms with Crippen molar-refractivity contribution >= 4 is 35.2 Å². The molecule has 0 fully saturated rings. The summed E-state index contributed by atoms with van der Waals surface area (Å²) >= 11 is 6.22. The zero-order valence-corrected chi connectivity index (χ0v) is 25.7. The Morgan fingerprint density at radius 3 is 2.43 bits per heavy atom. The molecular formula is C33H37ClN4O6. The molecule has 1 heterocycles. The Hall–Kier alpha value is -4.25. The molecule has 44 heavy (non-hydrogen) atoms. The molecule has 0 radical (unpaired) electrons. The lowest BCUT2D eigenvalue weighted by Crippen LogP contribution is -2.50. The zero-order valence-electron chi connectivity index (χ0n) is 25.0. The Morgan fingerprint density at radius 1 is 1.07 bits per heavy atom. The van der Waals surface area contributed by atoms with E-state index in [1.54, 1.807) is 79.9 Å². The quantitative estimate of drug-likeness (QED) is 0.202. The van der Waals surface area contributed by atoms with Crippen LogP contribution in [0.15, 0.2) is 77.8 Å². The fourth-order valence-electron chi connectivity index (χ4n) is 4.98. The number of nitrogens with one attached hydrogen (secondary N) is 2. The van der Waals surface area contributed by atoms with Crippen molar-refractivity contribution < 1.29 is 29.1 Å². The number of hydroxylamine groups is 1. The second-order valence-corrected chi connectivity index (χ2v) is 10.8. The molecule has 1 unspecified atom stereocenters. The van der Waals surface area contributed by atoms with E-state index >= 15 is 0 Å². The van der Waals surface area contributed by atoms with Crippen LogP contribution in [-0.4, -0.2) is 60.4 Å². The van der Waals surface area contributed by atoms with Gasteiger partial charge in [0, 0.05) is 10.6 Å². The minimum atomic E-state index is -1.32. The standard InChI is InChI=1S/C33H37ClN4O6/c1-4-27(21-11-13-23(14-12-21)31(40)30(39)22-9-7-6-8-10-22)36-33(42)38-20-29(37-44-5-2)35-19-25(32(38)41)17-24-18-26(34)15-16-28(24)43-3/h6-16,18,25,27,31,40H,4-5,17,19-20H2,1-3H3,(H,35,37)(H,36,42)/t25-,27+,31?/m0/s1. The van der Waals surface area contributed by atoms with E-state index in [9.17, 15) is 19.5 Å². The van der Waals surface area contributed by atoms with Gasteiger partial charge in [0.2, 0.25) is 5.91 Å². The van der Waals surface area contributed by atoms with Gasteiger partial charge in [-0.25, -0.2) is 4.79 Å². The van der Waals surface area contributed by atoms with E-state index in [1.165, 1.54) is 0 Å². The van der Waals surface area contributed by atoms with E-state index < -0.39 is 35.8 Å². The predicted octanol–water partition coefficient (Wildman–Crippen LogP) is 5.07. The number of aliphatic imine (C=N–C) groups is 1. The third-order valence-electron chi connectivity index (χ3n) is 7.38. The first kappa shape index (κ1) is 32.7. The molecule has 0 bridgehead atoms. The number of methoxy groups -OCH3 is 1. The van der Waals surface area contributed by atoms with Crippen LogP contribution in [-0.2, 0) is 16.1 Å². The largest absolute Gasteiger partial charge is 0.496 e. The van der Waals surface area contributed by atoms with Crippen LogP contribution >= 0.6 is 11.6 Å². The molecule has 0 aliphatic carbocycles. The SMILES string of the molecule is CCONC1=NC[C@H](Cc2cc(Cl)ccc2OC)C(=O)N(C(=O)N[C@H](CC)c2ccc(C(O)C(=O)c3ccccc3)cc2)C1. The number of carbonyl (C=O) groups excluding carboxylic acids is 3. The molecule has 232 valence electrons. The van der Waals surface area contributed by atoms with Gasteiger partial charge in [-0.1, -0.05) is 73.1 Å². The summed E-state index contributed by atoms with van der Waals surface area (Å²) in [6, 6.07) is 19.6. The monoisotopic (exact) mass is 620 g/mol. The maximum atomic E-state index is 13.8. The summed E-state index contributed by atoms with van der Waals surface area (Å²) in [6.45, 7) is 4.12. The van der Waals surface area contributed by atoms with Crippen LogP contribution in [0.4, 0.5) is 4.79 Å². The summed E-state index contributed by atoms with van der Waals surface area (Å²) in [5, 5.41) is 14.1. The van der Waals surface area contributed by atoms with Gasteiger partial charge in [-0.2, -0.15) is 0 Å². The van der Waals surface area contributed by atoms with Crippen molar-refractivity contribution in [3.8, 4) is 5.75 Å². The van der Waals surface area contributed by atoms with Gasteiger partial charge in [0.25, 0.3) is 0 Å². The first-order chi connectivity index (χ1) is 21.2. The number of aliphatic hydroxyl groups excluding tert-OH is 1. The highest BCUT2D eigenvalue weighted by atomic mass is 35.5. The molecule has 1 aliphatic rings. The van der Waals surface area contributed by atoms with E-state index in [0.717, 1.165) is 16.0 Å². The molecule has 1 aliphatic heterocycles. The zero-order chi connectivity index (χ0) is 31.6. The second-order valence-electron chi connectivity index (χ2n) is 10.3. The number of Topliss-reactive ketones (excluding diaryl/α,β-unsaturated/α-hetero) is 1. The molecule has 0 saturated heterocycles. The lowest BCUT2D eigenvalue weighted by atomic mass is 9.96. The van der Waals surface area contributed by atoms with Gasteiger partial charge in [0.1, 0.15) is 17.7 Å². The summed E-state index contributed by atoms with van der Waals surface area (Å²) in [4.78, 5) is 51.1. The average Bonchev–Trinajstić information content (AvgIpc) is 3.20. The number of urea groups is 1. The van der Waals surface area contributed by atoms with Crippen LogP contribution < -0.4 is 15.5 Å². The highest BCUT2D eigenvalue weighted by molar-refractivity contribution is 6.30. The maximum Gasteiger partial charge on any atom is 0.325 e. The number of imide groups is 1. The van der Waals surface area contributed by atoms with Gasteiger partial charge >= 0.3 is 6.03 Å². The van der Waals surface area contributed by atoms with Crippen molar-refractivity contribution in [1.29, 1.82) is 0 Å². The smallest absolute Gasteiger partial charge is 0.325 e. The Morgan fingerprint density at radius 2 is 1.77 bits per heavy atom. The van der Waals surface area contributed by atoms with E-state index in [0.29, 0.717) is 40.8 Å². The van der Waals surface area contributed by atoms with Crippen LogP contribution in [0.25, 0.3) is 0 Å². The lowest BCUT2D eigenvalue weighted by Gasteiger charge is -2.26. The molecule has 10 nitrogen and oxygen atoms in total. The van der Waals surface area contributed by atoms with Crippen LogP contribution in [0.2, 0.25) is 5.02 Å². The van der Waals surface area contributed by atoms with Gasteiger partial charge in [-0.05, 0) is 54.7 Å². The average molecular weight is 621 g/mol. The Bertz CT molecular complexity index is 1480. The van der Waals surface area contributed by atoms with Gasteiger partial charge in [0.15, 0.2) is 5.78 Å². The summed E-state index contributed by atoms with van der Waals surface area (Å²) in [6.07, 6.45) is -0.526. The van der Waals surface area contributed by atoms with Crippen molar-refractivity contribution in [3.05, 3.63) is 100 Å². The number of rotatable bonds is 11. The summed E-state index contributed by atoms with van der Waals surface area (Å²) in [7, 11) is 1.54. The number of amides is 3. The Labute approximate surface area is 262 Å². The summed E-state index contributed by atoms with van der Waals surface area (Å²) in [5.41, 5.74) is 5.09. The van der Waals surface area contributed by atoms with Gasteiger partial charge in [-0.15, -0.1) is 0 Å². The van der Waals surface area contributed by atoms with Crippen molar-refractivity contribution in [3.63, 3.8) is 0 Å². The molecule has 3 aromatic carbocycles. The molecule has 4 rings (SSSR count). The van der Waals surface area contributed by atoms with Crippen LogP contribution in [0, 0.1) is 5.92 Å². The van der Waals surface area contributed by atoms with Crippen LogP contribution in [0.3, 0.4) is 0 Å². The lowest BCUT2D eigenvalue weighted by molar-refractivity contribution is -0.131. The van der Waals surface area contributed by atoms with Crippen LogP contribution in [0.5, 0.6) is 5.75 Å². The number of hydrogen-bond donors (Lipinski definition) is 3. The summed E-state index contributed by atoms with van der Waals surface area (Å²) in [5.74, 6) is -0.512. The van der Waals surface area contributed by atoms with E-state index in [1.807, 2.05) is 13.8 Å². The first-order valence-corrected chi connectivity index (χ1v) is 14.9. The van der Waals surface area contributed by atoms with E-state index in [4.69, 9.17) is 21.2 Å². The third kappa shape index (κ3) is 8.02. The molecule has 3 aromatic rings. The number of ether oxygens (including phenoxy) is 1. The normalized spacial score (nSPS) is 16.4. The molecule has 11 heteroatoms. The fourth-order valence-corrected chi connectivity index (χ4v) is 5.18. The second kappa shape index (κ2) is 15.5. The molecule has 0 saturated carbocycles. The topological polar surface area (TPSA) is 130 Å². The van der Waals surface area contributed by atoms with Gasteiger partial charge < -0.3 is 15.2 Å². The van der Waals surface area contributed by atoms with Gasteiger partial charge in [0.05, 0.1) is 38.8 Å². The Balaban J connectivity index is 1.51. The molecule has 0 spiro atoms. The molecular weight excluding hydrogens is 584 g/mol. The summed E-state index contributed by atoms with van der Waals surface area (Å²) < 4.78 is 5.47. The number of amidine groups is 1. The van der Waals surface area contributed by atoms with Crippen molar-refractivity contribution in [1.82, 2.24) is 15.7 Å². The number of carbonyl (C=O) groups is 3. The highest BCUT2D eigenvalue weighted by Gasteiger charge is 2.34. The number of halogens is 1. The molecule has 0 aromatic heterocycles. The molecule has 3 atom stereocenters. The van der Waals surface area contributed by atoms with Crippen molar-refractivity contribution in [2.45, 2.75) is 38.8 Å². The van der Waals surface area contributed by atoms with Gasteiger partial charge in [-0.3, -0.25) is 29.8 Å². The Kier molecular flexibility index (Phi) is 11.5. The number of benzene rings is 3. The first-order valence-electron chi connectivity index (χ1n) is 14.5. The van der Waals surface area contributed by atoms with E-state index in [-0.39, 0.29) is 19.5 Å². The highest BCUT2D eigenvalue weighted by Crippen LogP contribution is 2.27. The number of ketones is 1. The van der Waals surface area contributed by atoms with Crippen molar-refractivity contribution in [2.24, 2.45) is 10.9 Å². The third-order valence-corrected chi connectivity index (χ3v) is 7.62. The molecule has 3 N–H and O–H groups in total. The number of nitrogens with zero attached hydrogens (tertiary/aromatic N) is 2. The predicted molar refractivity (Wildman–Crippen MR) is 168 cm³/mol. The minimum absolute atomic E-state index is 0.100. The number of hydrogen-bond acceptors (Lipinski definition) is 8. The van der Waals surface area contributed by atoms with Crippen molar-refractivity contribution in [2.75, 3.05) is 26.8 Å². The number of aliphatic hydroxyl groups is 1. The fraction of sp³-hybridized carbons (Fsp3) is 0.333. The van der Waals surface area contributed by atoms with Crippen LogP contribution in [0.1, 0.15) is 59.5 Å². The minimum Gasteiger partial charge on any atom is -0.496 e. The molecule has 3 amide bonds. The van der Waals surface area contributed by atoms with E-state index in [2.05, 4.69) is 15.8 Å².